The Morgan fingerprint density at radius 3 is 2.72 bits per heavy atom. The van der Waals surface area contributed by atoms with Crippen molar-refractivity contribution in [3.05, 3.63) is 53.5 Å². The molecule has 0 N–H and O–H groups in total. The molecule has 0 bridgehead atoms. The number of amides is 2. The van der Waals surface area contributed by atoms with Gasteiger partial charge in [-0.15, -0.1) is 0 Å². The zero-order chi connectivity index (χ0) is 20.6. The van der Waals surface area contributed by atoms with Gasteiger partial charge >= 0.3 is 6.09 Å². The van der Waals surface area contributed by atoms with Crippen molar-refractivity contribution in [2.75, 3.05) is 18.0 Å². The summed E-state index contributed by atoms with van der Waals surface area (Å²) in [5.41, 5.74) is 2.56. The molecule has 1 fully saturated rings. The fourth-order valence-electron chi connectivity index (χ4n) is 3.83. The van der Waals surface area contributed by atoms with Gasteiger partial charge in [-0.3, -0.25) is 4.79 Å². The number of aromatic nitrogens is 1. The molecule has 0 aliphatic carbocycles. The van der Waals surface area contributed by atoms with Crippen LogP contribution < -0.4 is 9.64 Å². The Balaban J connectivity index is 1.39. The first-order valence-corrected chi connectivity index (χ1v) is 9.81. The number of fused-ring (bicyclic) bond motifs is 1. The highest BCUT2D eigenvalue weighted by molar-refractivity contribution is 5.94. The van der Waals surface area contributed by atoms with Crippen molar-refractivity contribution in [1.82, 2.24) is 9.88 Å². The van der Waals surface area contributed by atoms with Crippen molar-refractivity contribution >= 4 is 17.7 Å². The number of rotatable bonds is 2. The number of hydrogen-bond donors (Lipinski definition) is 0. The van der Waals surface area contributed by atoms with Crippen LogP contribution in [-0.2, 0) is 17.8 Å². The standard InChI is InChI=1S/C22H24FN3O3/c1-22(2)8-10-26(20(27)12-22)18-5-6-19(24-13-18)29-21(28)25-9-7-15-3-4-17(23)11-16(15)14-25/h3-6,11,13H,7-10,12,14H2,1-2H3. The first kappa shape index (κ1) is 19.4. The lowest BCUT2D eigenvalue weighted by molar-refractivity contribution is -0.122. The second kappa shape index (κ2) is 7.46. The van der Waals surface area contributed by atoms with Gasteiger partial charge in [0.25, 0.3) is 0 Å². The van der Waals surface area contributed by atoms with Gasteiger partial charge in [0.2, 0.25) is 11.8 Å². The molecule has 2 amide bonds. The Morgan fingerprint density at radius 1 is 1.17 bits per heavy atom. The topological polar surface area (TPSA) is 62.7 Å². The fourth-order valence-corrected chi connectivity index (χ4v) is 3.83. The van der Waals surface area contributed by atoms with Crippen molar-refractivity contribution in [1.29, 1.82) is 0 Å². The molecule has 0 radical (unpaired) electrons. The summed E-state index contributed by atoms with van der Waals surface area (Å²) in [7, 11) is 0. The molecule has 2 aromatic rings. The van der Waals surface area contributed by atoms with E-state index in [-0.39, 0.29) is 23.0 Å². The van der Waals surface area contributed by atoms with E-state index in [4.69, 9.17) is 4.74 Å². The summed E-state index contributed by atoms with van der Waals surface area (Å²) in [5, 5.41) is 0. The molecule has 152 valence electrons. The molecule has 0 saturated carbocycles. The molecule has 1 aromatic carbocycles. The van der Waals surface area contributed by atoms with Crippen molar-refractivity contribution in [2.45, 2.75) is 39.7 Å². The molecule has 2 aliphatic rings. The Hall–Kier alpha value is -2.96. The van der Waals surface area contributed by atoms with Crippen molar-refractivity contribution in [3.63, 3.8) is 0 Å². The van der Waals surface area contributed by atoms with E-state index in [1.54, 1.807) is 29.3 Å². The number of halogens is 1. The van der Waals surface area contributed by atoms with E-state index in [0.717, 1.165) is 17.5 Å². The summed E-state index contributed by atoms with van der Waals surface area (Å²) >= 11 is 0. The summed E-state index contributed by atoms with van der Waals surface area (Å²) in [6.07, 6.45) is 3.12. The van der Waals surface area contributed by atoms with Crippen molar-refractivity contribution in [2.24, 2.45) is 5.41 Å². The van der Waals surface area contributed by atoms with E-state index in [0.29, 0.717) is 38.2 Å². The molecule has 6 nitrogen and oxygen atoms in total. The highest BCUT2D eigenvalue weighted by atomic mass is 19.1. The van der Waals surface area contributed by atoms with Crippen LogP contribution in [0.4, 0.5) is 14.9 Å². The normalized spacial score (nSPS) is 18.4. The predicted octanol–water partition coefficient (Wildman–Crippen LogP) is 3.93. The lowest BCUT2D eigenvalue weighted by Gasteiger charge is -2.36. The summed E-state index contributed by atoms with van der Waals surface area (Å²) in [4.78, 5) is 32.3. The molecule has 4 rings (SSSR count). The summed E-state index contributed by atoms with van der Waals surface area (Å²) in [6.45, 7) is 5.65. The van der Waals surface area contributed by atoms with Gasteiger partial charge < -0.3 is 14.5 Å². The number of carbonyl (C=O) groups excluding carboxylic acids is 2. The lowest BCUT2D eigenvalue weighted by atomic mass is 9.82. The van der Waals surface area contributed by atoms with Gasteiger partial charge in [-0.2, -0.15) is 0 Å². The second-order valence-electron chi connectivity index (χ2n) is 8.44. The largest absolute Gasteiger partial charge is 0.416 e. The van der Waals surface area contributed by atoms with Crippen LogP contribution in [0.3, 0.4) is 0 Å². The van der Waals surface area contributed by atoms with Crippen LogP contribution in [0.15, 0.2) is 36.5 Å². The number of hydrogen-bond acceptors (Lipinski definition) is 4. The molecular formula is C22H24FN3O3. The highest BCUT2D eigenvalue weighted by Crippen LogP contribution is 2.33. The minimum absolute atomic E-state index is 0.0203. The number of ether oxygens (including phenoxy) is 1. The zero-order valence-corrected chi connectivity index (χ0v) is 16.7. The lowest BCUT2D eigenvalue weighted by Crippen LogP contribution is -2.42. The summed E-state index contributed by atoms with van der Waals surface area (Å²) in [5.74, 6) is -0.0625. The highest BCUT2D eigenvalue weighted by Gasteiger charge is 2.32. The van der Waals surface area contributed by atoms with Crippen LogP contribution in [-0.4, -0.2) is 35.0 Å². The maximum absolute atomic E-state index is 13.5. The number of nitrogens with zero attached hydrogens (tertiary/aromatic N) is 3. The third-order valence-electron chi connectivity index (χ3n) is 5.61. The van der Waals surface area contributed by atoms with Gasteiger partial charge in [0, 0.05) is 32.1 Å². The maximum atomic E-state index is 13.5. The van der Waals surface area contributed by atoms with Crippen LogP contribution in [0, 0.1) is 11.2 Å². The van der Waals surface area contributed by atoms with Crippen molar-refractivity contribution < 1.29 is 18.7 Å². The van der Waals surface area contributed by atoms with E-state index < -0.39 is 6.09 Å². The van der Waals surface area contributed by atoms with Crippen LogP contribution in [0.25, 0.3) is 0 Å². The van der Waals surface area contributed by atoms with Gasteiger partial charge in [0.05, 0.1) is 11.9 Å². The molecule has 3 heterocycles. The van der Waals surface area contributed by atoms with Crippen LogP contribution in [0.5, 0.6) is 5.88 Å². The molecule has 0 spiro atoms. The number of carbonyl (C=O) groups is 2. The molecule has 1 saturated heterocycles. The van der Waals surface area contributed by atoms with Gasteiger partial charge in [-0.05, 0) is 47.6 Å². The second-order valence-corrected chi connectivity index (χ2v) is 8.44. The first-order valence-electron chi connectivity index (χ1n) is 9.81. The molecular weight excluding hydrogens is 373 g/mol. The quantitative estimate of drug-likeness (QED) is 0.770. The molecule has 7 heteroatoms. The molecule has 0 unspecified atom stereocenters. The zero-order valence-electron chi connectivity index (χ0n) is 16.7. The van der Waals surface area contributed by atoms with E-state index >= 15 is 0 Å². The van der Waals surface area contributed by atoms with Gasteiger partial charge in [0.15, 0.2) is 0 Å². The van der Waals surface area contributed by atoms with Crippen LogP contribution in [0.1, 0.15) is 37.8 Å². The molecule has 2 aliphatic heterocycles. The fraction of sp³-hybridized carbons (Fsp3) is 0.409. The van der Waals surface area contributed by atoms with Crippen LogP contribution in [0.2, 0.25) is 0 Å². The third kappa shape index (κ3) is 4.23. The molecule has 29 heavy (non-hydrogen) atoms. The predicted molar refractivity (Wildman–Crippen MR) is 106 cm³/mol. The monoisotopic (exact) mass is 397 g/mol. The first-order chi connectivity index (χ1) is 13.8. The Bertz CT molecular complexity index is 943. The number of benzene rings is 1. The van der Waals surface area contributed by atoms with E-state index in [2.05, 4.69) is 18.8 Å². The minimum atomic E-state index is -0.518. The minimum Gasteiger partial charge on any atom is -0.391 e. The van der Waals surface area contributed by atoms with Gasteiger partial charge in [0.1, 0.15) is 5.82 Å². The van der Waals surface area contributed by atoms with E-state index in [1.165, 1.54) is 17.0 Å². The Morgan fingerprint density at radius 2 is 2.00 bits per heavy atom. The molecule has 1 aromatic heterocycles. The maximum Gasteiger partial charge on any atom is 0.416 e. The summed E-state index contributed by atoms with van der Waals surface area (Å²) < 4.78 is 18.8. The average Bonchev–Trinajstić information content (AvgIpc) is 2.67. The molecule has 0 atom stereocenters. The van der Waals surface area contributed by atoms with Crippen molar-refractivity contribution in [3.8, 4) is 5.88 Å². The van der Waals surface area contributed by atoms with Gasteiger partial charge in [-0.25, -0.2) is 14.2 Å². The Kier molecular flexibility index (Phi) is 4.98. The Labute approximate surface area is 169 Å². The summed E-state index contributed by atoms with van der Waals surface area (Å²) in [6, 6.07) is 7.99. The number of pyridine rings is 1. The van der Waals surface area contributed by atoms with E-state index in [9.17, 15) is 14.0 Å². The third-order valence-corrected chi connectivity index (χ3v) is 5.61. The number of anilines is 1. The SMILES string of the molecule is CC1(C)CCN(c2ccc(OC(=O)N3CCc4ccc(F)cc4C3)nc2)C(=O)C1. The van der Waals surface area contributed by atoms with Crippen LogP contribution >= 0.6 is 0 Å². The van der Waals surface area contributed by atoms with Gasteiger partial charge in [-0.1, -0.05) is 19.9 Å². The smallest absolute Gasteiger partial charge is 0.391 e. The average molecular weight is 397 g/mol. The number of piperidine rings is 1. The van der Waals surface area contributed by atoms with E-state index in [1.807, 2.05) is 0 Å².